The van der Waals surface area contributed by atoms with Gasteiger partial charge in [0.25, 0.3) is 0 Å². The van der Waals surface area contributed by atoms with Gasteiger partial charge in [-0.3, -0.25) is 4.79 Å². The standard InChI is InChI=1S/C17H28N2O/c1-17(2,3)13-15(14-9-6-5-7-10-14)19-16(20)11-8-12-18-4/h5-7,9-10,15,18H,8,11-13H2,1-4H3,(H,19,20). The molecule has 1 atom stereocenters. The Morgan fingerprint density at radius 1 is 1.20 bits per heavy atom. The molecule has 0 saturated carbocycles. The summed E-state index contributed by atoms with van der Waals surface area (Å²) in [5.74, 6) is 0.137. The van der Waals surface area contributed by atoms with Gasteiger partial charge in [0, 0.05) is 6.42 Å². The Kier molecular flexibility index (Phi) is 6.73. The van der Waals surface area contributed by atoms with Crippen molar-refractivity contribution >= 4 is 5.91 Å². The Morgan fingerprint density at radius 3 is 2.40 bits per heavy atom. The zero-order valence-corrected chi connectivity index (χ0v) is 13.2. The normalized spacial score (nSPS) is 13.0. The van der Waals surface area contributed by atoms with Crippen LogP contribution in [0.25, 0.3) is 0 Å². The van der Waals surface area contributed by atoms with Gasteiger partial charge in [0.05, 0.1) is 6.04 Å². The number of carbonyl (C=O) groups excluding carboxylic acids is 1. The Balaban J connectivity index is 2.66. The first-order valence-electron chi connectivity index (χ1n) is 7.41. The van der Waals surface area contributed by atoms with E-state index in [4.69, 9.17) is 0 Å². The molecular formula is C17H28N2O. The molecule has 2 N–H and O–H groups in total. The Bertz CT molecular complexity index is 395. The van der Waals surface area contributed by atoms with E-state index in [1.807, 2.05) is 25.2 Å². The lowest BCUT2D eigenvalue weighted by atomic mass is 9.85. The van der Waals surface area contributed by atoms with E-state index < -0.39 is 0 Å². The summed E-state index contributed by atoms with van der Waals surface area (Å²) in [5, 5.41) is 6.25. The summed E-state index contributed by atoms with van der Waals surface area (Å²) in [7, 11) is 1.91. The maximum absolute atomic E-state index is 12.0. The van der Waals surface area contributed by atoms with Crippen LogP contribution in [0.15, 0.2) is 30.3 Å². The second-order valence-electron chi connectivity index (χ2n) is 6.50. The van der Waals surface area contributed by atoms with Crippen LogP contribution in [-0.4, -0.2) is 19.5 Å². The molecule has 0 aliphatic rings. The molecule has 0 radical (unpaired) electrons. The molecule has 1 aromatic rings. The second-order valence-corrected chi connectivity index (χ2v) is 6.50. The fourth-order valence-electron chi connectivity index (χ4n) is 2.24. The summed E-state index contributed by atoms with van der Waals surface area (Å²) >= 11 is 0. The molecule has 0 aliphatic heterocycles. The van der Waals surface area contributed by atoms with Crippen LogP contribution in [0.3, 0.4) is 0 Å². The molecular weight excluding hydrogens is 248 g/mol. The third kappa shape index (κ3) is 6.71. The smallest absolute Gasteiger partial charge is 0.220 e. The Labute approximate surface area is 123 Å². The number of amides is 1. The number of carbonyl (C=O) groups is 1. The monoisotopic (exact) mass is 276 g/mol. The minimum atomic E-state index is 0.0956. The van der Waals surface area contributed by atoms with Crippen LogP contribution >= 0.6 is 0 Å². The van der Waals surface area contributed by atoms with E-state index >= 15 is 0 Å². The molecule has 20 heavy (non-hydrogen) atoms. The predicted molar refractivity (Wildman–Crippen MR) is 84.6 cm³/mol. The molecule has 0 bridgehead atoms. The Hall–Kier alpha value is -1.35. The van der Waals surface area contributed by atoms with Crippen LogP contribution in [0.4, 0.5) is 0 Å². The highest BCUT2D eigenvalue weighted by molar-refractivity contribution is 5.76. The van der Waals surface area contributed by atoms with E-state index in [1.165, 1.54) is 5.56 Å². The second kappa shape index (κ2) is 8.05. The highest BCUT2D eigenvalue weighted by Crippen LogP contribution is 2.29. The summed E-state index contributed by atoms with van der Waals surface area (Å²) in [4.78, 5) is 12.0. The quantitative estimate of drug-likeness (QED) is 0.750. The third-order valence-electron chi connectivity index (χ3n) is 3.18. The average molecular weight is 276 g/mol. The van der Waals surface area contributed by atoms with Crippen molar-refractivity contribution in [1.29, 1.82) is 0 Å². The van der Waals surface area contributed by atoms with E-state index in [0.717, 1.165) is 19.4 Å². The summed E-state index contributed by atoms with van der Waals surface area (Å²) in [6.07, 6.45) is 2.39. The van der Waals surface area contributed by atoms with Crippen molar-refractivity contribution < 1.29 is 4.79 Å². The predicted octanol–water partition coefficient (Wildman–Crippen LogP) is 3.28. The minimum Gasteiger partial charge on any atom is -0.349 e. The fraction of sp³-hybridized carbons (Fsp3) is 0.588. The fourth-order valence-corrected chi connectivity index (χ4v) is 2.24. The van der Waals surface area contributed by atoms with Crippen molar-refractivity contribution in [1.82, 2.24) is 10.6 Å². The molecule has 1 unspecified atom stereocenters. The number of hydrogen-bond donors (Lipinski definition) is 2. The third-order valence-corrected chi connectivity index (χ3v) is 3.18. The number of rotatable bonds is 7. The van der Waals surface area contributed by atoms with Gasteiger partial charge < -0.3 is 10.6 Å². The lowest BCUT2D eigenvalue weighted by Crippen LogP contribution is -2.31. The maximum atomic E-state index is 12.0. The largest absolute Gasteiger partial charge is 0.349 e. The molecule has 112 valence electrons. The first kappa shape index (κ1) is 16.7. The molecule has 1 amide bonds. The van der Waals surface area contributed by atoms with Gasteiger partial charge in [-0.15, -0.1) is 0 Å². The SMILES string of the molecule is CNCCCC(=O)NC(CC(C)(C)C)c1ccccc1. The van der Waals surface area contributed by atoms with Gasteiger partial charge >= 0.3 is 0 Å². The van der Waals surface area contributed by atoms with Crippen molar-refractivity contribution in [3.05, 3.63) is 35.9 Å². The van der Waals surface area contributed by atoms with Crippen molar-refractivity contribution in [3.63, 3.8) is 0 Å². The van der Waals surface area contributed by atoms with Gasteiger partial charge in [-0.2, -0.15) is 0 Å². The summed E-state index contributed by atoms with van der Waals surface area (Å²) in [6, 6.07) is 10.3. The van der Waals surface area contributed by atoms with E-state index in [0.29, 0.717) is 6.42 Å². The number of nitrogens with one attached hydrogen (secondary N) is 2. The van der Waals surface area contributed by atoms with Crippen molar-refractivity contribution in [2.45, 2.75) is 46.1 Å². The van der Waals surface area contributed by atoms with Crippen LogP contribution in [0, 0.1) is 5.41 Å². The molecule has 1 aromatic carbocycles. The summed E-state index contributed by atoms with van der Waals surface area (Å²) in [5.41, 5.74) is 1.36. The van der Waals surface area contributed by atoms with Gasteiger partial charge in [0.1, 0.15) is 0 Å². The van der Waals surface area contributed by atoms with E-state index in [9.17, 15) is 4.79 Å². The molecule has 0 spiro atoms. The number of benzene rings is 1. The topological polar surface area (TPSA) is 41.1 Å². The van der Waals surface area contributed by atoms with Crippen molar-refractivity contribution in [2.24, 2.45) is 5.41 Å². The first-order chi connectivity index (χ1) is 9.42. The molecule has 0 aromatic heterocycles. The number of hydrogen-bond acceptors (Lipinski definition) is 2. The highest BCUT2D eigenvalue weighted by atomic mass is 16.1. The average Bonchev–Trinajstić information content (AvgIpc) is 2.38. The molecule has 0 heterocycles. The van der Waals surface area contributed by atoms with E-state index in [1.54, 1.807) is 0 Å². The molecule has 3 heteroatoms. The summed E-state index contributed by atoms with van der Waals surface area (Å²) in [6.45, 7) is 7.49. The van der Waals surface area contributed by atoms with E-state index in [2.05, 4.69) is 43.5 Å². The van der Waals surface area contributed by atoms with E-state index in [-0.39, 0.29) is 17.4 Å². The van der Waals surface area contributed by atoms with Crippen molar-refractivity contribution in [2.75, 3.05) is 13.6 Å². The maximum Gasteiger partial charge on any atom is 0.220 e. The molecule has 0 fully saturated rings. The van der Waals surface area contributed by atoms with Gasteiger partial charge in [-0.1, -0.05) is 51.1 Å². The minimum absolute atomic E-state index is 0.0956. The molecule has 0 saturated heterocycles. The zero-order valence-electron chi connectivity index (χ0n) is 13.2. The summed E-state index contributed by atoms with van der Waals surface area (Å²) < 4.78 is 0. The molecule has 1 rings (SSSR count). The van der Waals surface area contributed by atoms with Crippen LogP contribution in [0.1, 0.15) is 51.6 Å². The zero-order chi connectivity index (χ0) is 15.0. The van der Waals surface area contributed by atoms with Crippen LogP contribution < -0.4 is 10.6 Å². The lowest BCUT2D eigenvalue weighted by Gasteiger charge is -2.27. The first-order valence-corrected chi connectivity index (χ1v) is 7.41. The lowest BCUT2D eigenvalue weighted by molar-refractivity contribution is -0.122. The highest BCUT2D eigenvalue weighted by Gasteiger charge is 2.21. The van der Waals surface area contributed by atoms with Gasteiger partial charge in [0.15, 0.2) is 0 Å². The van der Waals surface area contributed by atoms with Gasteiger partial charge in [-0.05, 0) is 37.4 Å². The molecule has 0 aliphatic carbocycles. The van der Waals surface area contributed by atoms with Crippen molar-refractivity contribution in [3.8, 4) is 0 Å². The molecule has 3 nitrogen and oxygen atoms in total. The van der Waals surface area contributed by atoms with Crippen LogP contribution in [-0.2, 0) is 4.79 Å². The Morgan fingerprint density at radius 2 is 1.85 bits per heavy atom. The van der Waals surface area contributed by atoms with Crippen LogP contribution in [0.2, 0.25) is 0 Å². The van der Waals surface area contributed by atoms with Crippen LogP contribution in [0.5, 0.6) is 0 Å². The van der Waals surface area contributed by atoms with Gasteiger partial charge in [0.2, 0.25) is 5.91 Å². The van der Waals surface area contributed by atoms with Gasteiger partial charge in [-0.25, -0.2) is 0 Å².